The number of halogens is 1. The number of carbonyl (C=O) groups is 1. The van der Waals surface area contributed by atoms with Crippen molar-refractivity contribution >= 4 is 57.1 Å². The van der Waals surface area contributed by atoms with Crippen molar-refractivity contribution in [3.05, 3.63) is 15.6 Å². The molecule has 2 N–H and O–H groups in total. The van der Waals surface area contributed by atoms with E-state index in [4.69, 9.17) is 4.74 Å². The van der Waals surface area contributed by atoms with Gasteiger partial charge in [0.15, 0.2) is 15.8 Å². The number of guanidine groups is 1. The Morgan fingerprint density at radius 2 is 2.14 bits per heavy atom. The van der Waals surface area contributed by atoms with E-state index >= 15 is 0 Å². The summed E-state index contributed by atoms with van der Waals surface area (Å²) in [4.78, 5) is 21.5. The third-order valence-corrected chi connectivity index (χ3v) is 7.33. The molecule has 11 heteroatoms. The standard InChI is InChI=1S/C17H28N4O4S2.HI/c1-5-18-17(19-9-13-7-8-27(23,24)10-13)21-12(4)15-20-11(3)14(26-15)16(22)25-6-2;/h12-13H,5-10H2,1-4H3,(H2,18,19,21);1H. The van der Waals surface area contributed by atoms with Gasteiger partial charge >= 0.3 is 5.97 Å². The summed E-state index contributed by atoms with van der Waals surface area (Å²) >= 11 is 1.31. The van der Waals surface area contributed by atoms with Crippen molar-refractivity contribution in [3.63, 3.8) is 0 Å². The van der Waals surface area contributed by atoms with Crippen molar-refractivity contribution in [2.45, 2.75) is 40.2 Å². The Morgan fingerprint density at radius 1 is 1.43 bits per heavy atom. The number of aryl methyl sites for hydroxylation is 1. The van der Waals surface area contributed by atoms with Crippen molar-refractivity contribution in [2.75, 3.05) is 31.2 Å². The van der Waals surface area contributed by atoms with Gasteiger partial charge in [-0.3, -0.25) is 4.99 Å². The van der Waals surface area contributed by atoms with E-state index in [1.54, 1.807) is 13.8 Å². The minimum Gasteiger partial charge on any atom is -0.462 e. The summed E-state index contributed by atoms with van der Waals surface area (Å²) in [6.45, 7) is 8.95. The molecule has 0 aliphatic carbocycles. The quantitative estimate of drug-likeness (QED) is 0.235. The molecule has 28 heavy (non-hydrogen) atoms. The van der Waals surface area contributed by atoms with Crippen molar-refractivity contribution in [1.29, 1.82) is 0 Å². The van der Waals surface area contributed by atoms with Crippen LogP contribution in [0.2, 0.25) is 0 Å². The van der Waals surface area contributed by atoms with Gasteiger partial charge in [-0.2, -0.15) is 0 Å². The number of carbonyl (C=O) groups excluding carboxylic acids is 1. The number of thiazole rings is 1. The second-order valence-electron chi connectivity index (χ2n) is 6.54. The van der Waals surface area contributed by atoms with Gasteiger partial charge in [0.2, 0.25) is 0 Å². The van der Waals surface area contributed by atoms with Crippen LogP contribution in [0.1, 0.15) is 53.6 Å². The number of hydrogen-bond acceptors (Lipinski definition) is 7. The van der Waals surface area contributed by atoms with Crippen molar-refractivity contribution in [3.8, 4) is 0 Å². The van der Waals surface area contributed by atoms with Gasteiger partial charge in [0.25, 0.3) is 0 Å². The van der Waals surface area contributed by atoms with Gasteiger partial charge in [0, 0.05) is 13.1 Å². The Balaban J connectivity index is 0.00000392. The predicted octanol–water partition coefficient (Wildman–Crippen LogP) is 2.30. The number of rotatable bonds is 7. The van der Waals surface area contributed by atoms with Gasteiger partial charge in [-0.05, 0) is 40.0 Å². The van der Waals surface area contributed by atoms with E-state index < -0.39 is 9.84 Å². The monoisotopic (exact) mass is 544 g/mol. The number of aliphatic imine (C=N–C) groups is 1. The highest BCUT2D eigenvalue weighted by atomic mass is 127. The molecule has 2 atom stereocenters. The Kier molecular flexibility index (Phi) is 10.1. The summed E-state index contributed by atoms with van der Waals surface area (Å²) in [5, 5.41) is 7.21. The lowest BCUT2D eigenvalue weighted by Crippen LogP contribution is -2.39. The number of ether oxygens (including phenoxy) is 1. The predicted molar refractivity (Wildman–Crippen MR) is 123 cm³/mol. The minimum absolute atomic E-state index is 0. The summed E-state index contributed by atoms with van der Waals surface area (Å²) in [7, 11) is -2.90. The van der Waals surface area contributed by atoms with Crippen LogP contribution in [0.15, 0.2) is 4.99 Å². The number of nitrogens with one attached hydrogen (secondary N) is 2. The maximum atomic E-state index is 12.0. The van der Waals surface area contributed by atoms with Gasteiger partial charge in [0.1, 0.15) is 9.88 Å². The average Bonchev–Trinajstić information content (AvgIpc) is 3.15. The Labute approximate surface area is 187 Å². The summed E-state index contributed by atoms with van der Waals surface area (Å²) in [6.07, 6.45) is 0.662. The first-order valence-electron chi connectivity index (χ1n) is 9.15. The van der Waals surface area contributed by atoms with Crippen LogP contribution in [0.3, 0.4) is 0 Å². The fourth-order valence-electron chi connectivity index (χ4n) is 2.81. The Bertz CT molecular complexity index is 795. The lowest BCUT2D eigenvalue weighted by Gasteiger charge is -2.16. The van der Waals surface area contributed by atoms with Crippen LogP contribution >= 0.6 is 35.3 Å². The van der Waals surface area contributed by atoms with Gasteiger partial charge in [0.05, 0.1) is 29.8 Å². The zero-order chi connectivity index (χ0) is 20.0. The first-order valence-corrected chi connectivity index (χ1v) is 11.8. The third kappa shape index (κ3) is 7.14. The highest BCUT2D eigenvalue weighted by molar-refractivity contribution is 14.0. The summed E-state index contributed by atoms with van der Waals surface area (Å²) < 4.78 is 28.2. The first kappa shape index (κ1) is 25.1. The first-order chi connectivity index (χ1) is 12.8. The molecule has 0 aromatic carbocycles. The topological polar surface area (TPSA) is 110 Å². The second kappa shape index (κ2) is 11.3. The molecule has 1 aromatic rings. The molecule has 8 nitrogen and oxygen atoms in total. The smallest absolute Gasteiger partial charge is 0.350 e. The normalized spacial score (nSPS) is 19.6. The van der Waals surface area contributed by atoms with Crippen LogP contribution in [-0.4, -0.2) is 56.5 Å². The molecule has 0 saturated carbocycles. The molecule has 1 aromatic heterocycles. The van der Waals surface area contributed by atoms with Crippen LogP contribution in [0.4, 0.5) is 0 Å². The molecular weight excluding hydrogens is 515 g/mol. The number of esters is 1. The van der Waals surface area contributed by atoms with Crippen molar-refractivity contribution in [2.24, 2.45) is 10.9 Å². The van der Waals surface area contributed by atoms with E-state index in [2.05, 4.69) is 20.6 Å². The second-order valence-corrected chi connectivity index (χ2v) is 9.80. The van der Waals surface area contributed by atoms with Crippen molar-refractivity contribution in [1.82, 2.24) is 15.6 Å². The van der Waals surface area contributed by atoms with Gasteiger partial charge in [-0.15, -0.1) is 35.3 Å². The molecule has 0 radical (unpaired) electrons. The molecule has 2 rings (SSSR count). The summed E-state index contributed by atoms with van der Waals surface area (Å²) in [6, 6.07) is -0.151. The van der Waals surface area contributed by atoms with Crippen LogP contribution in [0, 0.1) is 12.8 Å². The molecule has 0 amide bonds. The van der Waals surface area contributed by atoms with Gasteiger partial charge < -0.3 is 15.4 Å². The average molecular weight is 544 g/mol. The van der Waals surface area contributed by atoms with E-state index in [1.807, 2.05) is 13.8 Å². The van der Waals surface area contributed by atoms with Crippen LogP contribution < -0.4 is 10.6 Å². The van der Waals surface area contributed by atoms with E-state index in [1.165, 1.54) is 11.3 Å². The molecule has 0 bridgehead atoms. The third-order valence-electron chi connectivity index (χ3n) is 4.18. The van der Waals surface area contributed by atoms with E-state index in [0.29, 0.717) is 42.6 Å². The summed E-state index contributed by atoms with van der Waals surface area (Å²) in [5.74, 6) is 0.787. The molecule has 0 spiro atoms. The molecule has 1 fully saturated rings. The number of sulfone groups is 1. The van der Waals surface area contributed by atoms with Crippen molar-refractivity contribution < 1.29 is 17.9 Å². The maximum Gasteiger partial charge on any atom is 0.350 e. The highest BCUT2D eigenvalue weighted by Gasteiger charge is 2.27. The molecular formula is C17H29IN4O4S2. The highest BCUT2D eigenvalue weighted by Crippen LogP contribution is 2.24. The van der Waals surface area contributed by atoms with E-state index in [-0.39, 0.29) is 53.4 Å². The van der Waals surface area contributed by atoms with Gasteiger partial charge in [-0.25, -0.2) is 18.2 Å². The molecule has 1 aliphatic heterocycles. The van der Waals surface area contributed by atoms with E-state index in [0.717, 1.165) is 5.01 Å². The molecule has 1 aliphatic rings. The molecule has 160 valence electrons. The maximum absolute atomic E-state index is 12.0. The zero-order valence-electron chi connectivity index (χ0n) is 16.6. The Hall–Kier alpha value is -0.950. The zero-order valence-corrected chi connectivity index (χ0v) is 20.6. The molecule has 1 saturated heterocycles. The van der Waals surface area contributed by atoms with E-state index in [9.17, 15) is 13.2 Å². The SMILES string of the molecule is CCNC(=NCC1CCS(=O)(=O)C1)NC(C)c1nc(C)c(C(=O)OCC)s1.I. The fraction of sp³-hybridized carbons (Fsp3) is 0.706. The molecule has 2 unspecified atom stereocenters. The fourth-order valence-corrected chi connectivity index (χ4v) is 5.62. The number of hydrogen-bond donors (Lipinski definition) is 2. The van der Waals surface area contributed by atoms with Gasteiger partial charge in [-0.1, -0.05) is 0 Å². The number of nitrogens with zero attached hydrogens (tertiary/aromatic N) is 2. The minimum atomic E-state index is -2.90. The molecule has 2 heterocycles. The van der Waals surface area contributed by atoms with Crippen LogP contribution in [0.25, 0.3) is 0 Å². The lowest BCUT2D eigenvalue weighted by atomic mass is 10.1. The van der Waals surface area contributed by atoms with Crippen LogP contribution in [-0.2, 0) is 14.6 Å². The largest absolute Gasteiger partial charge is 0.462 e. The van der Waals surface area contributed by atoms with Crippen LogP contribution in [0.5, 0.6) is 0 Å². The Morgan fingerprint density at radius 3 is 2.71 bits per heavy atom. The lowest BCUT2D eigenvalue weighted by molar-refractivity contribution is 0.0531. The summed E-state index contributed by atoms with van der Waals surface area (Å²) in [5.41, 5.74) is 0.653. The number of aromatic nitrogens is 1.